The summed E-state index contributed by atoms with van der Waals surface area (Å²) in [6.07, 6.45) is 9.44. The minimum atomic E-state index is 0.603. The van der Waals surface area contributed by atoms with Crippen molar-refractivity contribution in [1.29, 1.82) is 0 Å². The normalized spacial score (nSPS) is 28.9. The van der Waals surface area contributed by atoms with Crippen LogP contribution in [0.3, 0.4) is 0 Å². The van der Waals surface area contributed by atoms with Gasteiger partial charge in [-0.15, -0.1) is 11.3 Å². The van der Waals surface area contributed by atoms with Crippen molar-refractivity contribution in [1.82, 2.24) is 4.68 Å². The van der Waals surface area contributed by atoms with E-state index in [9.17, 15) is 0 Å². The molecule has 2 aliphatic carbocycles. The highest BCUT2D eigenvalue weighted by Crippen LogP contribution is 2.42. The molecular weight excluding hydrogens is 266 g/mol. The molecular formula is C16H21N3S. The zero-order chi connectivity index (χ0) is 14.1. The van der Waals surface area contributed by atoms with Crippen LogP contribution in [-0.2, 0) is 0 Å². The fourth-order valence-electron chi connectivity index (χ4n) is 2.98. The Labute approximate surface area is 124 Å². The highest BCUT2D eigenvalue weighted by atomic mass is 32.1. The molecule has 0 aliphatic heterocycles. The summed E-state index contributed by atoms with van der Waals surface area (Å²) < 4.78 is 1.96. The molecule has 2 bridgehead atoms. The highest BCUT2D eigenvalue weighted by Gasteiger charge is 2.34. The Kier molecular flexibility index (Phi) is 3.74. The molecule has 1 aromatic heterocycles. The van der Waals surface area contributed by atoms with Crippen LogP contribution < -0.4 is 4.80 Å². The van der Waals surface area contributed by atoms with Gasteiger partial charge >= 0.3 is 0 Å². The summed E-state index contributed by atoms with van der Waals surface area (Å²) in [6.45, 7) is 8.65. The van der Waals surface area contributed by atoms with Crippen molar-refractivity contribution in [3.05, 3.63) is 40.2 Å². The molecule has 1 saturated carbocycles. The van der Waals surface area contributed by atoms with E-state index < -0.39 is 0 Å². The summed E-state index contributed by atoms with van der Waals surface area (Å²) in [7, 11) is 0. The van der Waals surface area contributed by atoms with E-state index in [1.807, 2.05) is 11.6 Å². The summed E-state index contributed by atoms with van der Waals surface area (Å²) in [5.74, 6) is 2.10. The molecule has 0 amide bonds. The lowest BCUT2D eigenvalue weighted by Crippen LogP contribution is -2.15. The first kappa shape index (κ1) is 13.6. The van der Waals surface area contributed by atoms with E-state index >= 15 is 0 Å². The molecule has 4 heteroatoms. The van der Waals surface area contributed by atoms with Crippen molar-refractivity contribution in [3.63, 3.8) is 0 Å². The van der Waals surface area contributed by atoms with Crippen LogP contribution in [0.4, 0.5) is 0 Å². The second-order valence-corrected chi connectivity index (χ2v) is 6.79. The van der Waals surface area contributed by atoms with Crippen LogP contribution in [0, 0.1) is 24.7 Å². The lowest BCUT2D eigenvalue weighted by molar-refractivity contribution is 0.588. The molecule has 1 aromatic rings. The Bertz CT molecular complexity index is 632. The third-order valence-corrected chi connectivity index (χ3v) is 5.01. The summed E-state index contributed by atoms with van der Waals surface area (Å²) in [6, 6.07) is 0. The zero-order valence-electron chi connectivity index (χ0n) is 12.1. The van der Waals surface area contributed by atoms with Crippen LogP contribution in [0.25, 0.3) is 0 Å². The van der Waals surface area contributed by atoms with Crippen molar-refractivity contribution in [2.45, 2.75) is 26.7 Å². The van der Waals surface area contributed by atoms with Gasteiger partial charge in [0.15, 0.2) is 0 Å². The maximum absolute atomic E-state index is 4.69. The van der Waals surface area contributed by atoms with E-state index in [1.54, 1.807) is 11.3 Å². The minimum Gasteiger partial charge on any atom is -0.253 e. The summed E-state index contributed by atoms with van der Waals surface area (Å²) >= 11 is 1.64. The number of hydrogen-bond donors (Lipinski definition) is 0. The van der Waals surface area contributed by atoms with Gasteiger partial charge in [0.05, 0.1) is 12.2 Å². The number of aryl methyl sites for hydroxylation is 1. The first-order valence-electron chi connectivity index (χ1n) is 7.18. The van der Waals surface area contributed by atoms with Crippen LogP contribution in [0.2, 0.25) is 0 Å². The Balaban J connectivity index is 1.80. The minimum absolute atomic E-state index is 0.603. The maximum Gasteiger partial charge on any atom is 0.206 e. The molecule has 20 heavy (non-hydrogen) atoms. The predicted octanol–water partition coefficient (Wildman–Crippen LogP) is 3.38. The number of hydrogen-bond acceptors (Lipinski definition) is 3. The van der Waals surface area contributed by atoms with E-state index in [0.717, 1.165) is 22.0 Å². The van der Waals surface area contributed by atoms with E-state index in [2.05, 4.69) is 47.3 Å². The van der Waals surface area contributed by atoms with Crippen LogP contribution >= 0.6 is 11.3 Å². The lowest BCUT2D eigenvalue weighted by atomic mass is 9.95. The average molecular weight is 287 g/mol. The average Bonchev–Trinajstić information content (AvgIpc) is 3.10. The first-order chi connectivity index (χ1) is 9.63. The van der Waals surface area contributed by atoms with Gasteiger partial charge in [-0.1, -0.05) is 24.3 Å². The molecule has 2 aliphatic rings. The standard InChI is InChI=1S/C16H21N3S/c1-11(2)8-17-16-19(12(3)10-20-16)18-9-15-7-13-4-5-14(15)6-13/h4-5,9-10,13-15H,1,6-8H2,2-3H3. The summed E-state index contributed by atoms with van der Waals surface area (Å²) in [5, 5.41) is 6.80. The quantitative estimate of drug-likeness (QED) is 0.600. The van der Waals surface area contributed by atoms with Gasteiger partial charge in [0.2, 0.25) is 4.80 Å². The molecule has 0 N–H and O–H groups in total. The molecule has 0 radical (unpaired) electrons. The van der Waals surface area contributed by atoms with Crippen LogP contribution in [0.5, 0.6) is 0 Å². The van der Waals surface area contributed by atoms with Crippen molar-refractivity contribution in [3.8, 4) is 0 Å². The molecule has 106 valence electrons. The second-order valence-electron chi connectivity index (χ2n) is 5.95. The molecule has 0 saturated heterocycles. The lowest BCUT2D eigenvalue weighted by Gasteiger charge is -2.12. The van der Waals surface area contributed by atoms with Crippen molar-refractivity contribution in [2.24, 2.45) is 27.8 Å². The third-order valence-electron chi connectivity index (χ3n) is 4.04. The molecule has 1 fully saturated rings. The van der Waals surface area contributed by atoms with E-state index in [0.29, 0.717) is 18.4 Å². The predicted molar refractivity (Wildman–Crippen MR) is 85.0 cm³/mol. The SMILES string of the molecule is C=C(C)CN=c1scc(C)n1N=CC1CC2C=CC1C2. The monoisotopic (exact) mass is 287 g/mol. The molecule has 3 rings (SSSR count). The van der Waals surface area contributed by atoms with Gasteiger partial charge < -0.3 is 0 Å². The Morgan fingerprint density at radius 3 is 3.00 bits per heavy atom. The smallest absolute Gasteiger partial charge is 0.206 e. The summed E-state index contributed by atoms with van der Waals surface area (Å²) in [5.41, 5.74) is 2.22. The van der Waals surface area contributed by atoms with Crippen molar-refractivity contribution >= 4 is 17.6 Å². The topological polar surface area (TPSA) is 29.6 Å². The van der Waals surface area contributed by atoms with Crippen LogP contribution in [0.15, 0.2) is 39.8 Å². The van der Waals surface area contributed by atoms with E-state index in [-0.39, 0.29) is 0 Å². The second kappa shape index (κ2) is 5.52. The highest BCUT2D eigenvalue weighted by molar-refractivity contribution is 7.07. The molecule has 3 unspecified atom stereocenters. The number of thiazole rings is 1. The van der Waals surface area contributed by atoms with Crippen LogP contribution in [0.1, 0.15) is 25.5 Å². The van der Waals surface area contributed by atoms with Gasteiger partial charge in [-0.2, -0.15) is 5.10 Å². The number of nitrogens with zero attached hydrogens (tertiary/aromatic N) is 3. The van der Waals surface area contributed by atoms with Crippen molar-refractivity contribution in [2.75, 3.05) is 6.54 Å². The third kappa shape index (κ3) is 2.70. The van der Waals surface area contributed by atoms with Gasteiger partial charge in [0.1, 0.15) is 0 Å². The Morgan fingerprint density at radius 2 is 2.35 bits per heavy atom. The fourth-order valence-corrected chi connectivity index (χ4v) is 3.79. The molecule has 3 atom stereocenters. The molecule has 0 aromatic carbocycles. The molecule has 1 heterocycles. The van der Waals surface area contributed by atoms with E-state index in [4.69, 9.17) is 0 Å². The number of rotatable bonds is 4. The number of fused-ring (bicyclic) bond motifs is 2. The summed E-state index contributed by atoms with van der Waals surface area (Å²) in [4.78, 5) is 5.53. The largest absolute Gasteiger partial charge is 0.253 e. The van der Waals surface area contributed by atoms with E-state index in [1.165, 1.54) is 12.8 Å². The Hall–Kier alpha value is -1.42. The zero-order valence-corrected chi connectivity index (χ0v) is 12.9. The number of allylic oxidation sites excluding steroid dienone is 2. The molecule has 3 nitrogen and oxygen atoms in total. The van der Waals surface area contributed by atoms with Gasteiger partial charge in [-0.25, -0.2) is 4.68 Å². The van der Waals surface area contributed by atoms with Gasteiger partial charge in [-0.05, 0) is 38.5 Å². The Morgan fingerprint density at radius 1 is 1.50 bits per heavy atom. The maximum atomic E-state index is 4.69. The fraction of sp³-hybridized carbons (Fsp3) is 0.500. The van der Waals surface area contributed by atoms with Crippen LogP contribution in [-0.4, -0.2) is 17.4 Å². The number of aromatic nitrogens is 1. The van der Waals surface area contributed by atoms with Gasteiger partial charge in [-0.3, -0.25) is 4.99 Å². The van der Waals surface area contributed by atoms with Gasteiger partial charge in [0, 0.05) is 17.5 Å². The van der Waals surface area contributed by atoms with Crippen molar-refractivity contribution < 1.29 is 0 Å². The van der Waals surface area contributed by atoms with Gasteiger partial charge in [0.25, 0.3) is 0 Å². The molecule has 0 spiro atoms. The first-order valence-corrected chi connectivity index (χ1v) is 8.06.